The summed E-state index contributed by atoms with van der Waals surface area (Å²) in [5.74, 6) is 0. The predicted octanol–water partition coefficient (Wildman–Crippen LogP) is 3.10. The minimum absolute atomic E-state index is 0.0583. The quantitative estimate of drug-likeness (QED) is 0.786. The van der Waals surface area contributed by atoms with Crippen molar-refractivity contribution in [3.8, 4) is 0 Å². The maximum Gasteiger partial charge on any atom is 0.410 e. The molecule has 0 spiro atoms. The van der Waals surface area contributed by atoms with Crippen molar-refractivity contribution in [3.05, 3.63) is 24.4 Å². The molecule has 6 heteroatoms. The first-order chi connectivity index (χ1) is 9.87. The van der Waals surface area contributed by atoms with Crippen molar-refractivity contribution in [1.82, 2.24) is 9.88 Å². The Labute approximate surface area is 129 Å². The first-order valence-electron chi connectivity index (χ1n) is 6.99. The number of carbonyl (C=O) groups excluding carboxylic acids is 2. The summed E-state index contributed by atoms with van der Waals surface area (Å²) in [6.45, 7) is 6.02. The number of hydrogen-bond donors (Lipinski definition) is 0. The summed E-state index contributed by atoms with van der Waals surface area (Å²) in [5, 5.41) is 0.593. The number of amides is 1. The molecule has 114 valence electrons. The number of carbonyl (C=O) groups is 2. The molecule has 2 rings (SSSR count). The monoisotopic (exact) mass is 308 g/mol. The summed E-state index contributed by atoms with van der Waals surface area (Å²) in [5.41, 5.74) is -0.554. The van der Waals surface area contributed by atoms with E-state index in [0.717, 1.165) is 18.2 Å². The van der Waals surface area contributed by atoms with Crippen LogP contribution in [0.1, 0.15) is 33.6 Å². The summed E-state index contributed by atoms with van der Waals surface area (Å²) in [6.07, 6.45) is 2.73. The largest absolute Gasteiger partial charge is 0.444 e. The van der Waals surface area contributed by atoms with Gasteiger partial charge in [-0.3, -0.25) is 9.69 Å². The third-order valence-corrected chi connectivity index (χ3v) is 3.92. The van der Waals surface area contributed by atoms with E-state index in [1.54, 1.807) is 18.3 Å². The Morgan fingerprint density at radius 2 is 2.14 bits per heavy atom. The van der Waals surface area contributed by atoms with Crippen LogP contribution in [0.4, 0.5) is 4.79 Å². The van der Waals surface area contributed by atoms with Crippen LogP contribution in [0.25, 0.3) is 0 Å². The molecule has 1 fully saturated rings. The third-order valence-electron chi connectivity index (χ3n) is 3.00. The Morgan fingerprint density at radius 1 is 1.38 bits per heavy atom. The zero-order valence-corrected chi connectivity index (χ0v) is 13.4. The smallest absolute Gasteiger partial charge is 0.410 e. The van der Waals surface area contributed by atoms with Gasteiger partial charge in [0.25, 0.3) is 0 Å². The van der Waals surface area contributed by atoms with Crippen LogP contribution in [-0.2, 0) is 9.53 Å². The van der Waals surface area contributed by atoms with Crippen LogP contribution < -0.4 is 0 Å². The van der Waals surface area contributed by atoms with Gasteiger partial charge < -0.3 is 4.74 Å². The lowest BCUT2D eigenvalue weighted by Gasteiger charge is -2.27. The molecule has 2 heterocycles. The fourth-order valence-electron chi connectivity index (χ4n) is 2.13. The van der Waals surface area contributed by atoms with E-state index in [1.807, 2.05) is 26.8 Å². The van der Waals surface area contributed by atoms with Gasteiger partial charge in [0.1, 0.15) is 16.7 Å². The second-order valence-corrected chi connectivity index (χ2v) is 6.95. The molecule has 0 bridgehead atoms. The molecule has 1 amide bonds. The second kappa shape index (κ2) is 6.47. The van der Waals surface area contributed by atoms with Crippen LogP contribution in [0.15, 0.2) is 29.4 Å². The lowest BCUT2D eigenvalue weighted by Crippen LogP contribution is -2.42. The molecule has 1 atom stereocenters. The SMILES string of the molecule is CC(C)(C)OC(=O)N1CCCC1C(=O)Sc1ccccn1. The molecule has 0 aromatic carbocycles. The van der Waals surface area contributed by atoms with E-state index in [0.29, 0.717) is 18.0 Å². The van der Waals surface area contributed by atoms with Crippen molar-refractivity contribution in [2.24, 2.45) is 0 Å². The molecule has 1 unspecified atom stereocenters. The molecular weight excluding hydrogens is 288 g/mol. The fraction of sp³-hybridized carbons (Fsp3) is 0.533. The highest BCUT2D eigenvalue weighted by Gasteiger charge is 2.36. The van der Waals surface area contributed by atoms with E-state index in [2.05, 4.69) is 4.98 Å². The lowest BCUT2D eigenvalue weighted by molar-refractivity contribution is -0.114. The topological polar surface area (TPSA) is 59.5 Å². The van der Waals surface area contributed by atoms with E-state index < -0.39 is 17.7 Å². The van der Waals surface area contributed by atoms with Gasteiger partial charge in [0.05, 0.1) is 0 Å². The number of hydrogen-bond acceptors (Lipinski definition) is 5. The zero-order chi connectivity index (χ0) is 15.5. The number of ether oxygens (including phenoxy) is 1. The summed E-state index contributed by atoms with van der Waals surface area (Å²) in [7, 11) is 0. The first-order valence-corrected chi connectivity index (χ1v) is 7.81. The van der Waals surface area contributed by atoms with Crippen LogP contribution in [0.5, 0.6) is 0 Å². The van der Waals surface area contributed by atoms with E-state index in [1.165, 1.54) is 4.90 Å². The van der Waals surface area contributed by atoms with Crippen molar-refractivity contribution in [2.75, 3.05) is 6.54 Å². The maximum atomic E-state index is 12.4. The average molecular weight is 308 g/mol. The van der Waals surface area contributed by atoms with E-state index >= 15 is 0 Å². The molecule has 1 aromatic rings. The van der Waals surface area contributed by atoms with E-state index in [-0.39, 0.29) is 5.12 Å². The van der Waals surface area contributed by atoms with Crippen molar-refractivity contribution in [2.45, 2.75) is 50.3 Å². The molecule has 0 saturated carbocycles. The second-order valence-electron chi connectivity index (χ2n) is 5.92. The molecule has 0 radical (unpaired) electrons. The number of rotatable bonds is 2. The van der Waals surface area contributed by atoms with Gasteiger partial charge in [0.2, 0.25) is 5.12 Å². The van der Waals surface area contributed by atoms with Gasteiger partial charge in [-0.15, -0.1) is 0 Å². The Hall–Kier alpha value is -1.56. The Kier molecular flexibility index (Phi) is 4.88. The predicted molar refractivity (Wildman–Crippen MR) is 81.1 cm³/mol. The van der Waals surface area contributed by atoms with Gasteiger partial charge in [-0.05, 0) is 57.5 Å². The standard InChI is InChI=1S/C15H20N2O3S/c1-15(2,3)20-14(19)17-10-6-7-11(17)13(18)21-12-8-4-5-9-16-12/h4-5,8-9,11H,6-7,10H2,1-3H3. The highest BCUT2D eigenvalue weighted by atomic mass is 32.2. The maximum absolute atomic E-state index is 12.4. The number of nitrogens with zero attached hydrogens (tertiary/aromatic N) is 2. The molecule has 5 nitrogen and oxygen atoms in total. The van der Waals surface area contributed by atoms with Gasteiger partial charge >= 0.3 is 6.09 Å². The fourth-order valence-corrected chi connectivity index (χ4v) is 2.98. The minimum Gasteiger partial charge on any atom is -0.444 e. The molecular formula is C15H20N2O3S. The molecule has 0 N–H and O–H groups in total. The molecule has 1 saturated heterocycles. The first kappa shape index (κ1) is 15.8. The number of pyridine rings is 1. The number of thioether (sulfide) groups is 1. The van der Waals surface area contributed by atoms with Crippen molar-refractivity contribution < 1.29 is 14.3 Å². The van der Waals surface area contributed by atoms with Crippen LogP contribution >= 0.6 is 11.8 Å². The van der Waals surface area contributed by atoms with Gasteiger partial charge in [0, 0.05) is 12.7 Å². The summed E-state index contributed by atoms with van der Waals surface area (Å²) >= 11 is 1.08. The lowest BCUT2D eigenvalue weighted by atomic mass is 10.2. The Balaban J connectivity index is 2.01. The van der Waals surface area contributed by atoms with Gasteiger partial charge in [-0.25, -0.2) is 9.78 Å². The van der Waals surface area contributed by atoms with Crippen LogP contribution in [0.3, 0.4) is 0 Å². The summed E-state index contributed by atoms with van der Waals surface area (Å²) in [4.78, 5) is 30.2. The molecule has 1 aromatic heterocycles. The molecule has 21 heavy (non-hydrogen) atoms. The highest BCUT2D eigenvalue weighted by Crippen LogP contribution is 2.27. The van der Waals surface area contributed by atoms with Gasteiger partial charge in [0.15, 0.2) is 0 Å². The molecule has 1 aliphatic rings. The Morgan fingerprint density at radius 3 is 2.76 bits per heavy atom. The Bertz CT molecular complexity index is 513. The van der Waals surface area contributed by atoms with Crippen molar-refractivity contribution >= 4 is 23.0 Å². The van der Waals surface area contributed by atoms with Crippen molar-refractivity contribution in [3.63, 3.8) is 0 Å². The number of likely N-dealkylation sites (tertiary alicyclic amines) is 1. The van der Waals surface area contributed by atoms with Crippen molar-refractivity contribution in [1.29, 1.82) is 0 Å². The van der Waals surface area contributed by atoms with Gasteiger partial charge in [-0.1, -0.05) is 6.07 Å². The minimum atomic E-state index is -0.554. The molecule has 1 aliphatic heterocycles. The normalized spacial score (nSPS) is 18.6. The van der Waals surface area contributed by atoms with E-state index in [9.17, 15) is 9.59 Å². The molecule has 0 aliphatic carbocycles. The third kappa shape index (κ3) is 4.46. The highest BCUT2D eigenvalue weighted by molar-refractivity contribution is 8.13. The summed E-state index contributed by atoms with van der Waals surface area (Å²) < 4.78 is 5.36. The summed E-state index contributed by atoms with van der Waals surface area (Å²) in [6, 6.07) is 5.00. The zero-order valence-electron chi connectivity index (χ0n) is 12.5. The van der Waals surface area contributed by atoms with E-state index in [4.69, 9.17) is 4.74 Å². The number of aromatic nitrogens is 1. The van der Waals surface area contributed by atoms with Crippen LogP contribution in [-0.4, -0.2) is 39.3 Å². The van der Waals surface area contributed by atoms with Crippen LogP contribution in [0, 0.1) is 0 Å². The van der Waals surface area contributed by atoms with Gasteiger partial charge in [-0.2, -0.15) is 0 Å². The van der Waals surface area contributed by atoms with Crippen LogP contribution in [0.2, 0.25) is 0 Å². The average Bonchev–Trinajstić information content (AvgIpc) is 2.87.